The second kappa shape index (κ2) is 5.14. The van der Waals surface area contributed by atoms with Crippen LogP contribution in [-0.2, 0) is 0 Å². The van der Waals surface area contributed by atoms with Crippen LogP contribution in [0.4, 0.5) is 0 Å². The highest BCUT2D eigenvalue weighted by atomic mass is 35.5. The first-order valence-corrected chi connectivity index (χ1v) is 6.52. The van der Waals surface area contributed by atoms with E-state index >= 15 is 0 Å². The number of hydrogen-bond acceptors (Lipinski definition) is 2. The van der Waals surface area contributed by atoms with Gasteiger partial charge in [-0.05, 0) is 24.3 Å². The number of hydrogen-bond donors (Lipinski definition) is 0. The third-order valence-corrected chi connectivity index (χ3v) is 3.06. The van der Waals surface area contributed by atoms with Crippen molar-refractivity contribution in [2.24, 2.45) is 5.41 Å². The summed E-state index contributed by atoms with van der Waals surface area (Å²) in [4.78, 5) is 16.6. The van der Waals surface area contributed by atoms with E-state index in [0.717, 1.165) is 11.3 Å². The summed E-state index contributed by atoms with van der Waals surface area (Å²) in [6.45, 7) is 5.73. The van der Waals surface area contributed by atoms with Crippen LogP contribution in [0.15, 0.2) is 42.6 Å². The van der Waals surface area contributed by atoms with Crippen LogP contribution < -0.4 is 0 Å². The van der Waals surface area contributed by atoms with Crippen molar-refractivity contribution >= 4 is 17.4 Å². The monoisotopic (exact) mass is 273 g/mol. The van der Waals surface area contributed by atoms with Crippen molar-refractivity contribution < 1.29 is 4.79 Å². The Hall–Kier alpha value is -1.67. The average Bonchev–Trinajstić information content (AvgIpc) is 2.37. The molecule has 0 aliphatic carbocycles. The van der Waals surface area contributed by atoms with Gasteiger partial charge in [-0.15, -0.1) is 0 Å². The highest BCUT2D eigenvalue weighted by Gasteiger charge is 2.23. The summed E-state index contributed by atoms with van der Waals surface area (Å²) < 4.78 is 0. The van der Waals surface area contributed by atoms with Crippen molar-refractivity contribution in [1.82, 2.24) is 4.98 Å². The smallest absolute Gasteiger partial charge is 0.168 e. The molecule has 0 atom stereocenters. The van der Waals surface area contributed by atoms with Gasteiger partial charge < -0.3 is 0 Å². The first-order valence-electron chi connectivity index (χ1n) is 6.15. The topological polar surface area (TPSA) is 30.0 Å². The Bertz CT molecular complexity index is 614. The van der Waals surface area contributed by atoms with Crippen LogP contribution in [0, 0.1) is 5.41 Å². The Labute approximate surface area is 118 Å². The first-order chi connectivity index (χ1) is 8.88. The van der Waals surface area contributed by atoms with E-state index in [1.165, 1.54) is 0 Å². The second-order valence-corrected chi connectivity index (χ2v) is 5.96. The maximum Gasteiger partial charge on any atom is 0.168 e. The maximum absolute atomic E-state index is 12.3. The molecule has 98 valence electrons. The summed E-state index contributed by atoms with van der Waals surface area (Å²) >= 11 is 5.97. The van der Waals surface area contributed by atoms with Gasteiger partial charge >= 0.3 is 0 Å². The van der Waals surface area contributed by atoms with Gasteiger partial charge in [0.2, 0.25) is 0 Å². The normalized spacial score (nSPS) is 11.4. The molecule has 1 heterocycles. The number of halogens is 1. The molecule has 19 heavy (non-hydrogen) atoms. The van der Waals surface area contributed by atoms with Crippen molar-refractivity contribution in [3.63, 3.8) is 0 Å². The molecule has 0 bridgehead atoms. The molecule has 0 amide bonds. The number of rotatable bonds is 2. The fraction of sp³-hybridized carbons (Fsp3) is 0.250. The average molecular weight is 274 g/mol. The largest absolute Gasteiger partial charge is 0.294 e. The summed E-state index contributed by atoms with van der Waals surface area (Å²) in [5.74, 6) is 0.109. The van der Waals surface area contributed by atoms with Gasteiger partial charge in [-0.3, -0.25) is 9.78 Å². The van der Waals surface area contributed by atoms with Crippen LogP contribution in [0.25, 0.3) is 11.3 Å². The van der Waals surface area contributed by atoms with Crippen LogP contribution >= 0.6 is 11.6 Å². The van der Waals surface area contributed by atoms with E-state index < -0.39 is 5.41 Å². The molecule has 1 aromatic heterocycles. The third-order valence-electron chi connectivity index (χ3n) is 2.82. The minimum absolute atomic E-state index is 0.109. The summed E-state index contributed by atoms with van der Waals surface area (Å²) in [5, 5.41) is 0.659. The zero-order valence-electron chi connectivity index (χ0n) is 11.3. The van der Waals surface area contributed by atoms with Gasteiger partial charge in [-0.1, -0.05) is 44.5 Å². The molecule has 0 aliphatic heterocycles. The van der Waals surface area contributed by atoms with Crippen molar-refractivity contribution in [2.45, 2.75) is 20.8 Å². The number of Topliss-reactive ketones (excluding diaryl/α,β-unsaturated/α-hetero) is 1. The standard InChI is InChI=1S/C16H16ClNO/c1-16(2,3)15(19)12-7-8-18-14(10-12)11-5-4-6-13(17)9-11/h4-10H,1-3H3. The third kappa shape index (κ3) is 3.21. The van der Waals surface area contributed by atoms with E-state index in [1.807, 2.05) is 51.1 Å². The van der Waals surface area contributed by atoms with Gasteiger partial charge in [0.25, 0.3) is 0 Å². The first kappa shape index (κ1) is 13.8. The lowest BCUT2D eigenvalue weighted by molar-refractivity contribution is 0.0858. The van der Waals surface area contributed by atoms with Crippen LogP contribution in [0.5, 0.6) is 0 Å². The lowest BCUT2D eigenvalue weighted by Crippen LogP contribution is -2.20. The molecule has 0 radical (unpaired) electrons. The predicted octanol–water partition coefficient (Wildman–Crippen LogP) is 4.63. The number of pyridine rings is 1. The molecule has 0 fully saturated rings. The summed E-state index contributed by atoms with van der Waals surface area (Å²) in [5.41, 5.74) is 1.96. The van der Waals surface area contributed by atoms with Gasteiger partial charge in [-0.25, -0.2) is 0 Å². The number of ketones is 1. The highest BCUT2D eigenvalue weighted by Crippen LogP contribution is 2.25. The Kier molecular flexibility index (Phi) is 3.72. The molecule has 0 spiro atoms. The molecule has 0 saturated carbocycles. The molecule has 1 aromatic carbocycles. The molecule has 2 rings (SSSR count). The quantitative estimate of drug-likeness (QED) is 0.747. The zero-order chi connectivity index (χ0) is 14.0. The van der Waals surface area contributed by atoms with E-state index in [9.17, 15) is 4.79 Å². The molecular formula is C16H16ClNO. The molecule has 0 N–H and O–H groups in total. The number of carbonyl (C=O) groups is 1. The Morgan fingerprint density at radius 1 is 1.16 bits per heavy atom. The molecule has 0 saturated heterocycles. The van der Waals surface area contributed by atoms with Crippen molar-refractivity contribution in [1.29, 1.82) is 0 Å². The van der Waals surface area contributed by atoms with Gasteiger partial charge in [0.15, 0.2) is 5.78 Å². The van der Waals surface area contributed by atoms with Crippen molar-refractivity contribution in [3.8, 4) is 11.3 Å². The van der Waals surface area contributed by atoms with E-state index in [2.05, 4.69) is 4.98 Å². The van der Waals surface area contributed by atoms with Gasteiger partial charge in [0.1, 0.15) is 0 Å². The highest BCUT2D eigenvalue weighted by molar-refractivity contribution is 6.30. The lowest BCUT2D eigenvalue weighted by atomic mass is 9.86. The molecule has 0 unspecified atom stereocenters. The van der Waals surface area contributed by atoms with Gasteiger partial charge in [0, 0.05) is 27.8 Å². The zero-order valence-corrected chi connectivity index (χ0v) is 12.0. The van der Waals surface area contributed by atoms with Gasteiger partial charge in [-0.2, -0.15) is 0 Å². The number of nitrogens with zero attached hydrogens (tertiary/aromatic N) is 1. The Morgan fingerprint density at radius 2 is 1.89 bits per heavy atom. The van der Waals surface area contributed by atoms with Crippen molar-refractivity contribution in [3.05, 3.63) is 53.2 Å². The molecule has 3 heteroatoms. The fourth-order valence-corrected chi connectivity index (χ4v) is 2.00. The number of aromatic nitrogens is 1. The van der Waals surface area contributed by atoms with Crippen LogP contribution in [0.3, 0.4) is 0 Å². The minimum atomic E-state index is -0.396. The van der Waals surface area contributed by atoms with Crippen LogP contribution in [0.2, 0.25) is 5.02 Å². The van der Waals surface area contributed by atoms with Crippen LogP contribution in [-0.4, -0.2) is 10.8 Å². The van der Waals surface area contributed by atoms with Crippen LogP contribution in [0.1, 0.15) is 31.1 Å². The second-order valence-electron chi connectivity index (χ2n) is 5.52. The van der Waals surface area contributed by atoms with E-state index in [0.29, 0.717) is 10.6 Å². The van der Waals surface area contributed by atoms with E-state index in [4.69, 9.17) is 11.6 Å². The lowest BCUT2D eigenvalue weighted by Gasteiger charge is -2.16. The Morgan fingerprint density at radius 3 is 2.53 bits per heavy atom. The van der Waals surface area contributed by atoms with Gasteiger partial charge in [0.05, 0.1) is 5.69 Å². The number of carbonyl (C=O) groups excluding carboxylic acids is 1. The maximum atomic E-state index is 12.3. The minimum Gasteiger partial charge on any atom is -0.294 e. The summed E-state index contributed by atoms with van der Waals surface area (Å²) in [6, 6.07) is 11.0. The molecular weight excluding hydrogens is 258 g/mol. The Balaban J connectivity index is 2.43. The van der Waals surface area contributed by atoms with E-state index in [1.54, 1.807) is 12.3 Å². The van der Waals surface area contributed by atoms with Crippen molar-refractivity contribution in [2.75, 3.05) is 0 Å². The fourth-order valence-electron chi connectivity index (χ4n) is 1.81. The van der Waals surface area contributed by atoms with E-state index in [-0.39, 0.29) is 5.78 Å². The SMILES string of the molecule is CC(C)(C)C(=O)c1ccnc(-c2cccc(Cl)c2)c1. The summed E-state index contributed by atoms with van der Waals surface area (Å²) in [6.07, 6.45) is 1.66. The predicted molar refractivity (Wildman–Crippen MR) is 78.5 cm³/mol. The molecule has 2 nitrogen and oxygen atoms in total. The summed E-state index contributed by atoms with van der Waals surface area (Å²) in [7, 11) is 0. The number of benzene rings is 1. The molecule has 2 aromatic rings. The molecule has 0 aliphatic rings.